The lowest BCUT2D eigenvalue weighted by Crippen LogP contribution is -2.26. The van der Waals surface area contributed by atoms with Crippen molar-refractivity contribution in [2.24, 2.45) is 0 Å². The van der Waals surface area contributed by atoms with Gasteiger partial charge in [-0.2, -0.15) is 0 Å². The molecule has 0 saturated heterocycles. The molecule has 0 aliphatic rings. The fraction of sp³-hybridized carbons (Fsp3) is 0.333. The Bertz CT molecular complexity index is 812. The van der Waals surface area contributed by atoms with E-state index < -0.39 is 0 Å². The zero-order valence-corrected chi connectivity index (χ0v) is 17.3. The second-order valence-electron chi connectivity index (χ2n) is 6.23. The van der Waals surface area contributed by atoms with Crippen molar-refractivity contribution in [3.8, 4) is 5.75 Å². The normalized spacial score (nSPS) is 10.4. The van der Waals surface area contributed by atoms with Gasteiger partial charge in [-0.25, -0.2) is 0 Å². The fourth-order valence-electron chi connectivity index (χ4n) is 2.48. The largest absolute Gasteiger partial charge is 0.492 e. The first-order chi connectivity index (χ1) is 13.5. The number of unbranched alkanes of at least 4 members (excludes halogenated alkanes) is 1. The molecule has 0 saturated carbocycles. The number of ether oxygens (including phenoxy) is 1. The third-order valence-corrected chi connectivity index (χ3v) is 4.49. The smallest absolute Gasteiger partial charge is 0.253 e. The van der Waals surface area contributed by atoms with E-state index in [0.29, 0.717) is 46.6 Å². The first kappa shape index (κ1) is 22.1. The van der Waals surface area contributed by atoms with E-state index in [2.05, 4.69) is 17.6 Å². The van der Waals surface area contributed by atoms with Gasteiger partial charge < -0.3 is 15.4 Å². The van der Waals surface area contributed by atoms with Crippen LogP contribution in [0.1, 0.15) is 43.0 Å². The van der Waals surface area contributed by atoms with Gasteiger partial charge in [0.25, 0.3) is 5.91 Å². The van der Waals surface area contributed by atoms with Crippen molar-refractivity contribution < 1.29 is 14.3 Å². The van der Waals surface area contributed by atoms with Crippen LogP contribution in [0.15, 0.2) is 42.5 Å². The van der Waals surface area contributed by atoms with Crippen LogP contribution in [0.2, 0.25) is 10.0 Å². The molecule has 2 N–H and O–H groups in total. The van der Waals surface area contributed by atoms with Crippen LogP contribution in [-0.2, 0) is 4.79 Å². The van der Waals surface area contributed by atoms with Crippen molar-refractivity contribution >= 4 is 40.7 Å². The van der Waals surface area contributed by atoms with E-state index in [4.69, 9.17) is 27.9 Å². The first-order valence-corrected chi connectivity index (χ1v) is 10.0. The van der Waals surface area contributed by atoms with E-state index in [0.717, 1.165) is 12.8 Å². The van der Waals surface area contributed by atoms with Gasteiger partial charge in [-0.1, -0.05) is 48.7 Å². The second-order valence-corrected chi connectivity index (χ2v) is 7.07. The second kappa shape index (κ2) is 11.6. The van der Waals surface area contributed by atoms with Crippen LogP contribution < -0.4 is 15.4 Å². The lowest BCUT2D eigenvalue weighted by Gasteiger charge is -2.12. The van der Waals surface area contributed by atoms with Gasteiger partial charge in [-0.3, -0.25) is 9.59 Å². The molecule has 0 atom stereocenters. The third-order valence-electron chi connectivity index (χ3n) is 3.96. The molecule has 5 nitrogen and oxygen atoms in total. The van der Waals surface area contributed by atoms with Crippen molar-refractivity contribution in [2.75, 3.05) is 18.5 Å². The maximum absolute atomic E-state index is 12.3. The maximum atomic E-state index is 12.3. The molecule has 7 heteroatoms. The molecule has 0 aliphatic heterocycles. The predicted octanol–water partition coefficient (Wildman–Crippen LogP) is 5.32. The average molecular weight is 423 g/mol. The summed E-state index contributed by atoms with van der Waals surface area (Å²) in [6.45, 7) is 3.01. The van der Waals surface area contributed by atoms with Crippen LogP contribution in [0.3, 0.4) is 0 Å². The Hall–Kier alpha value is -2.24. The number of hydrogen-bond donors (Lipinski definition) is 2. The SMILES string of the molecule is CCCCNC(=O)c1ccccc1NC(=O)CCCOc1ccc(Cl)cc1Cl. The standard InChI is InChI=1S/C21H24Cl2N2O3/c1-2-3-12-24-21(27)16-7-4-5-8-18(16)25-20(26)9-6-13-28-19-11-10-15(22)14-17(19)23/h4-5,7-8,10-11,14H,2-3,6,9,12-13H2,1H3,(H,24,27)(H,25,26). The highest BCUT2D eigenvalue weighted by atomic mass is 35.5. The number of nitrogens with one attached hydrogen (secondary N) is 2. The molecular formula is C21H24Cl2N2O3. The topological polar surface area (TPSA) is 67.4 Å². The van der Waals surface area contributed by atoms with E-state index >= 15 is 0 Å². The van der Waals surface area contributed by atoms with Gasteiger partial charge in [0.1, 0.15) is 5.75 Å². The molecule has 2 aromatic carbocycles. The van der Waals surface area contributed by atoms with E-state index in [1.54, 1.807) is 42.5 Å². The molecule has 0 spiro atoms. The number of rotatable bonds is 10. The van der Waals surface area contributed by atoms with Gasteiger partial charge in [-0.15, -0.1) is 0 Å². The van der Waals surface area contributed by atoms with E-state index in [1.165, 1.54) is 0 Å². The van der Waals surface area contributed by atoms with Crippen LogP contribution >= 0.6 is 23.2 Å². The van der Waals surface area contributed by atoms with Crippen LogP contribution in [0, 0.1) is 0 Å². The Morgan fingerprint density at radius 3 is 2.61 bits per heavy atom. The molecule has 0 bridgehead atoms. The minimum Gasteiger partial charge on any atom is -0.492 e. The number of anilines is 1. The Balaban J connectivity index is 1.82. The summed E-state index contributed by atoms with van der Waals surface area (Å²) >= 11 is 11.9. The minimum atomic E-state index is -0.190. The van der Waals surface area contributed by atoms with Crippen molar-refractivity contribution in [3.63, 3.8) is 0 Å². The van der Waals surface area contributed by atoms with Crippen molar-refractivity contribution in [1.29, 1.82) is 0 Å². The molecule has 0 unspecified atom stereocenters. The number of halogens is 2. The predicted molar refractivity (Wildman–Crippen MR) is 114 cm³/mol. The molecular weight excluding hydrogens is 399 g/mol. The molecule has 150 valence electrons. The number of amides is 2. The molecule has 0 aromatic heterocycles. The van der Waals surface area contributed by atoms with Crippen LogP contribution in [0.25, 0.3) is 0 Å². The van der Waals surface area contributed by atoms with Gasteiger partial charge in [0.2, 0.25) is 5.91 Å². The lowest BCUT2D eigenvalue weighted by atomic mass is 10.1. The Kier molecular flexibility index (Phi) is 9.11. The number of benzene rings is 2. The first-order valence-electron chi connectivity index (χ1n) is 9.26. The van der Waals surface area contributed by atoms with Gasteiger partial charge >= 0.3 is 0 Å². The Morgan fingerprint density at radius 1 is 1.07 bits per heavy atom. The summed E-state index contributed by atoms with van der Waals surface area (Å²) in [6, 6.07) is 12.0. The molecule has 0 heterocycles. The van der Waals surface area contributed by atoms with Gasteiger partial charge in [0, 0.05) is 18.0 Å². The monoisotopic (exact) mass is 422 g/mol. The summed E-state index contributed by atoms with van der Waals surface area (Å²) in [5.41, 5.74) is 0.958. The summed E-state index contributed by atoms with van der Waals surface area (Å²) < 4.78 is 5.57. The molecule has 0 radical (unpaired) electrons. The molecule has 0 aliphatic carbocycles. The summed E-state index contributed by atoms with van der Waals surface area (Å²) in [7, 11) is 0. The van der Waals surface area contributed by atoms with Gasteiger partial charge in [0.15, 0.2) is 0 Å². The highest BCUT2D eigenvalue weighted by Gasteiger charge is 2.12. The lowest BCUT2D eigenvalue weighted by molar-refractivity contribution is -0.116. The Morgan fingerprint density at radius 2 is 1.86 bits per heavy atom. The fourth-order valence-corrected chi connectivity index (χ4v) is 2.95. The van der Waals surface area contributed by atoms with Crippen molar-refractivity contribution in [1.82, 2.24) is 5.32 Å². The van der Waals surface area contributed by atoms with Crippen molar-refractivity contribution in [3.05, 3.63) is 58.1 Å². The highest BCUT2D eigenvalue weighted by molar-refractivity contribution is 6.35. The number of para-hydroxylation sites is 1. The van der Waals surface area contributed by atoms with Crippen LogP contribution in [0.4, 0.5) is 5.69 Å². The maximum Gasteiger partial charge on any atom is 0.253 e. The molecule has 28 heavy (non-hydrogen) atoms. The molecule has 2 amide bonds. The van der Waals surface area contributed by atoms with Crippen LogP contribution in [-0.4, -0.2) is 25.0 Å². The number of carbonyl (C=O) groups is 2. The zero-order chi connectivity index (χ0) is 20.4. The van der Waals surface area contributed by atoms with Gasteiger partial charge in [-0.05, 0) is 43.2 Å². The Labute approximate surface area is 175 Å². The van der Waals surface area contributed by atoms with Gasteiger partial charge in [0.05, 0.1) is 22.9 Å². The average Bonchev–Trinajstić information content (AvgIpc) is 2.67. The van der Waals surface area contributed by atoms with Crippen LogP contribution in [0.5, 0.6) is 5.75 Å². The summed E-state index contributed by atoms with van der Waals surface area (Å²) in [5, 5.41) is 6.63. The van der Waals surface area contributed by atoms with E-state index in [1.807, 2.05) is 0 Å². The molecule has 2 rings (SSSR count). The van der Waals surface area contributed by atoms with E-state index in [-0.39, 0.29) is 18.2 Å². The van der Waals surface area contributed by atoms with E-state index in [9.17, 15) is 9.59 Å². The highest BCUT2D eigenvalue weighted by Crippen LogP contribution is 2.27. The summed E-state index contributed by atoms with van der Waals surface area (Å²) in [4.78, 5) is 24.5. The third kappa shape index (κ3) is 7.06. The number of carbonyl (C=O) groups excluding carboxylic acids is 2. The summed E-state index contributed by atoms with van der Waals surface area (Å²) in [6.07, 6.45) is 2.69. The molecule has 0 fully saturated rings. The minimum absolute atomic E-state index is 0.181. The molecule has 2 aromatic rings. The zero-order valence-electron chi connectivity index (χ0n) is 15.8. The summed E-state index contributed by atoms with van der Waals surface area (Å²) in [5.74, 6) is 0.158. The number of hydrogen-bond acceptors (Lipinski definition) is 3. The quantitative estimate of drug-likeness (QED) is 0.508. The van der Waals surface area contributed by atoms with Crippen molar-refractivity contribution in [2.45, 2.75) is 32.6 Å².